The molecule has 4 aromatic rings. The molecule has 0 saturated carbocycles. The highest BCUT2D eigenvalue weighted by molar-refractivity contribution is 6.33. The van der Waals surface area contributed by atoms with Crippen LogP contribution < -0.4 is 20.7 Å². The lowest BCUT2D eigenvalue weighted by molar-refractivity contribution is -0.114. The molecule has 0 fully saturated rings. The van der Waals surface area contributed by atoms with Crippen LogP contribution in [-0.4, -0.2) is 33.4 Å². The number of carbonyl (C=O) groups is 2. The summed E-state index contributed by atoms with van der Waals surface area (Å²) in [4.78, 5) is 31.9. The Kier molecular flexibility index (Phi) is 6.14. The first-order valence-corrected chi connectivity index (χ1v) is 10.4. The smallest absolute Gasteiger partial charge is 0.269 e. The number of hydrogen-bond donors (Lipinski definition) is 3. The Morgan fingerprint density at radius 2 is 1.85 bits per heavy atom. The second kappa shape index (κ2) is 9.17. The first-order valence-electron chi connectivity index (χ1n) is 10.0. The number of imidazole rings is 1. The largest absolute Gasteiger partial charge is 0.457 e. The van der Waals surface area contributed by atoms with E-state index < -0.39 is 0 Å². The molecule has 0 unspecified atom stereocenters. The molecule has 10 heteroatoms. The number of fused-ring (bicyclic) bond motifs is 1. The molecule has 0 aliphatic carbocycles. The second-order valence-electron chi connectivity index (χ2n) is 7.20. The van der Waals surface area contributed by atoms with E-state index in [4.69, 9.17) is 16.3 Å². The predicted octanol–water partition coefficient (Wildman–Crippen LogP) is 4.48. The summed E-state index contributed by atoms with van der Waals surface area (Å²) in [5.41, 5.74) is 3.10. The number of carbonyl (C=O) groups excluding carboxylic acids is 2. The molecule has 33 heavy (non-hydrogen) atoms. The molecule has 2 amide bonds. The third-order valence-corrected chi connectivity index (χ3v) is 5.14. The molecule has 2 aromatic carbocycles. The van der Waals surface area contributed by atoms with Crippen molar-refractivity contribution < 1.29 is 14.3 Å². The molecule has 168 valence electrons. The Morgan fingerprint density at radius 3 is 2.61 bits per heavy atom. The Bertz CT molecular complexity index is 1370. The second-order valence-corrected chi connectivity index (χ2v) is 7.61. The number of nitrogens with one attached hydrogen (secondary N) is 3. The molecule has 0 saturated heterocycles. The predicted molar refractivity (Wildman–Crippen MR) is 127 cm³/mol. The summed E-state index contributed by atoms with van der Waals surface area (Å²) in [5, 5.41) is 8.93. The molecular weight excluding hydrogens is 444 g/mol. The highest BCUT2D eigenvalue weighted by atomic mass is 35.5. The van der Waals surface area contributed by atoms with Gasteiger partial charge < -0.3 is 25.3 Å². The first-order chi connectivity index (χ1) is 15.8. The Labute approximate surface area is 194 Å². The van der Waals surface area contributed by atoms with Gasteiger partial charge in [0.05, 0.1) is 21.7 Å². The molecule has 0 spiro atoms. The first kappa shape index (κ1) is 22.1. The lowest BCUT2D eigenvalue weighted by Crippen LogP contribution is -2.18. The summed E-state index contributed by atoms with van der Waals surface area (Å²) >= 11 is 6.15. The quantitative estimate of drug-likeness (QED) is 0.388. The highest BCUT2D eigenvalue weighted by Crippen LogP contribution is 2.30. The fraction of sp³-hybridized carbons (Fsp3) is 0.130. The van der Waals surface area contributed by atoms with Gasteiger partial charge in [-0.05, 0) is 36.4 Å². The molecule has 4 rings (SSSR count). The van der Waals surface area contributed by atoms with Gasteiger partial charge in [0.2, 0.25) is 11.9 Å². The van der Waals surface area contributed by atoms with E-state index in [0.717, 1.165) is 11.2 Å². The zero-order valence-corrected chi connectivity index (χ0v) is 18.9. The summed E-state index contributed by atoms with van der Waals surface area (Å²) in [7, 11) is 3.43. The topological polar surface area (TPSA) is 110 Å². The molecule has 0 aliphatic rings. The van der Waals surface area contributed by atoms with Crippen LogP contribution in [0.3, 0.4) is 0 Å². The van der Waals surface area contributed by atoms with Gasteiger partial charge >= 0.3 is 0 Å². The molecule has 0 bridgehead atoms. The number of benzene rings is 2. The highest BCUT2D eigenvalue weighted by Gasteiger charge is 2.12. The van der Waals surface area contributed by atoms with Crippen molar-refractivity contribution in [3.63, 3.8) is 0 Å². The molecular formula is C23H21ClN6O3. The normalized spacial score (nSPS) is 10.7. The molecule has 9 nitrogen and oxygen atoms in total. The Morgan fingerprint density at radius 1 is 1.06 bits per heavy atom. The number of aromatic nitrogens is 3. The van der Waals surface area contributed by atoms with Crippen molar-refractivity contribution in [1.29, 1.82) is 0 Å². The van der Waals surface area contributed by atoms with Gasteiger partial charge in [0.1, 0.15) is 17.2 Å². The van der Waals surface area contributed by atoms with Crippen molar-refractivity contribution >= 4 is 51.8 Å². The van der Waals surface area contributed by atoms with Crippen LogP contribution in [0.15, 0.2) is 54.7 Å². The van der Waals surface area contributed by atoms with E-state index in [1.807, 2.05) is 29.8 Å². The number of nitrogens with zero attached hydrogens (tertiary/aromatic N) is 3. The molecule has 0 aliphatic heterocycles. The van der Waals surface area contributed by atoms with Gasteiger partial charge in [-0.1, -0.05) is 11.6 Å². The number of aryl methyl sites for hydroxylation is 1. The maximum Gasteiger partial charge on any atom is 0.269 e. The standard InChI is InChI=1S/C23H21ClN6O3/c1-13(31)27-18-10-14(4-6-17(18)24)28-23-29-19-11-15(5-7-21(19)30(23)3)33-16-8-9-26-20(12-16)22(32)25-2/h4-12H,1-3H3,(H,25,32)(H,27,31)(H,28,29). The van der Waals surface area contributed by atoms with Crippen molar-refractivity contribution in [2.45, 2.75) is 6.92 Å². The number of ether oxygens (including phenoxy) is 1. The van der Waals surface area contributed by atoms with Gasteiger partial charge in [-0.3, -0.25) is 14.6 Å². The number of rotatable bonds is 6. The minimum atomic E-state index is -0.291. The summed E-state index contributed by atoms with van der Waals surface area (Å²) in [6, 6.07) is 14.0. The summed E-state index contributed by atoms with van der Waals surface area (Å²) < 4.78 is 7.82. The summed E-state index contributed by atoms with van der Waals surface area (Å²) in [6.45, 7) is 1.42. The van der Waals surface area contributed by atoms with Crippen molar-refractivity contribution in [2.24, 2.45) is 7.05 Å². The monoisotopic (exact) mass is 464 g/mol. The molecule has 0 atom stereocenters. The Hall–Kier alpha value is -4.11. The third-order valence-electron chi connectivity index (χ3n) is 4.81. The maximum atomic E-state index is 11.8. The van der Waals surface area contributed by atoms with E-state index in [-0.39, 0.29) is 17.5 Å². The number of halogens is 1. The van der Waals surface area contributed by atoms with Crippen LogP contribution in [0.4, 0.5) is 17.3 Å². The van der Waals surface area contributed by atoms with Crippen molar-refractivity contribution in [2.75, 3.05) is 17.7 Å². The van der Waals surface area contributed by atoms with E-state index in [1.165, 1.54) is 13.1 Å². The van der Waals surface area contributed by atoms with Gasteiger partial charge in [0.25, 0.3) is 5.91 Å². The van der Waals surface area contributed by atoms with Crippen molar-refractivity contribution in [3.8, 4) is 11.5 Å². The third kappa shape index (κ3) is 4.88. The van der Waals surface area contributed by atoms with Gasteiger partial charge in [0, 0.05) is 45.0 Å². The lowest BCUT2D eigenvalue weighted by atomic mass is 10.2. The summed E-state index contributed by atoms with van der Waals surface area (Å²) in [5.74, 6) is 1.16. The van der Waals surface area contributed by atoms with Gasteiger partial charge in [-0.15, -0.1) is 0 Å². The van der Waals surface area contributed by atoms with Gasteiger partial charge in [-0.25, -0.2) is 4.98 Å². The average Bonchev–Trinajstić information content (AvgIpc) is 3.09. The molecule has 2 aromatic heterocycles. The zero-order valence-electron chi connectivity index (χ0n) is 18.1. The zero-order chi connectivity index (χ0) is 23.5. The minimum absolute atomic E-state index is 0.207. The van der Waals surface area contributed by atoms with Crippen molar-refractivity contribution in [1.82, 2.24) is 19.9 Å². The van der Waals surface area contributed by atoms with Crippen LogP contribution >= 0.6 is 11.6 Å². The van der Waals surface area contributed by atoms with E-state index in [2.05, 4.69) is 25.9 Å². The van der Waals surface area contributed by atoms with Crippen LogP contribution in [0, 0.1) is 0 Å². The van der Waals surface area contributed by atoms with E-state index in [1.54, 1.807) is 37.4 Å². The molecule has 2 heterocycles. The van der Waals surface area contributed by atoms with Crippen molar-refractivity contribution in [3.05, 3.63) is 65.4 Å². The maximum absolute atomic E-state index is 11.8. The van der Waals surface area contributed by atoms with Crippen LogP contribution in [0.2, 0.25) is 5.02 Å². The fourth-order valence-corrected chi connectivity index (χ4v) is 3.40. The SMILES string of the molecule is CNC(=O)c1cc(Oc2ccc3c(c2)nc(Nc2ccc(Cl)c(NC(C)=O)c2)n3C)ccn1. The Balaban J connectivity index is 1.59. The average molecular weight is 465 g/mol. The fourth-order valence-electron chi connectivity index (χ4n) is 3.24. The lowest BCUT2D eigenvalue weighted by Gasteiger charge is -2.10. The van der Waals surface area contributed by atoms with Gasteiger partial charge in [-0.2, -0.15) is 0 Å². The number of anilines is 3. The summed E-state index contributed by atoms with van der Waals surface area (Å²) in [6.07, 6.45) is 1.52. The van der Waals surface area contributed by atoms with Crippen LogP contribution in [0.25, 0.3) is 11.0 Å². The van der Waals surface area contributed by atoms with Crippen LogP contribution in [-0.2, 0) is 11.8 Å². The van der Waals surface area contributed by atoms with Crippen LogP contribution in [0.5, 0.6) is 11.5 Å². The molecule has 0 radical (unpaired) electrons. The molecule has 3 N–H and O–H groups in total. The van der Waals surface area contributed by atoms with E-state index in [9.17, 15) is 9.59 Å². The number of pyridine rings is 1. The van der Waals surface area contributed by atoms with E-state index >= 15 is 0 Å². The number of amides is 2. The van der Waals surface area contributed by atoms with E-state index in [0.29, 0.717) is 33.7 Å². The van der Waals surface area contributed by atoms with Crippen LogP contribution in [0.1, 0.15) is 17.4 Å². The van der Waals surface area contributed by atoms with Gasteiger partial charge in [0.15, 0.2) is 0 Å². The number of hydrogen-bond acceptors (Lipinski definition) is 6. The minimum Gasteiger partial charge on any atom is -0.457 e.